The summed E-state index contributed by atoms with van der Waals surface area (Å²) in [6, 6.07) is 78.8. The molecular weight excluding hydrogens is 717 g/mol. The molecule has 0 amide bonds. The zero-order chi connectivity index (χ0) is 38.9. The third kappa shape index (κ3) is 5.29. The summed E-state index contributed by atoms with van der Waals surface area (Å²) < 4.78 is 9.26. The number of nitrogens with zero attached hydrogens (tertiary/aromatic N) is 2. The minimum absolute atomic E-state index is 0.863. The highest BCUT2D eigenvalue weighted by Gasteiger charge is 2.25. The highest BCUT2D eigenvalue weighted by atomic mass is 16.3. The Morgan fingerprint density at radius 3 is 1.63 bits per heavy atom. The smallest absolute Gasteiger partial charge is 0.143 e. The third-order valence-electron chi connectivity index (χ3n) is 11.9. The molecule has 10 aromatic carbocycles. The van der Waals surface area contributed by atoms with Crippen LogP contribution in [0.25, 0.3) is 93.2 Å². The van der Waals surface area contributed by atoms with Crippen molar-refractivity contribution < 1.29 is 4.42 Å². The zero-order valence-corrected chi connectivity index (χ0v) is 32.1. The number of para-hydroxylation sites is 1. The summed E-state index contributed by atoms with van der Waals surface area (Å²) in [5.41, 5.74) is 13.1. The van der Waals surface area contributed by atoms with Gasteiger partial charge in [0.05, 0.1) is 27.8 Å². The van der Waals surface area contributed by atoms with Gasteiger partial charge in [0.1, 0.15) is 11.2 Å². The molecule has 2 heterocycles. The van der Waals surface area contributed by atoms with Crippen LogP contribution in [-0.4, -0.2) is 4.57 Å². The second-order valence-corrected chi connectivity index (χ2v) is 15.3. The molecule has 0 N–H and O–H groups in total. The lowest BCUT2D eigenvalue weighted by molar-refractivity contribution is 0.672. The van der Waals surface area contributed by atoms with E-state index in [0.29, 0.717) is 0 Å². The maximum atomic E-state index is 6.76. The summed E-state index contributed by atoms with van der Waals surface area (Å²) in [6.45, 7) is 0. The highest BCUT2D eigenvalue weighted by molar-refractivity contribution is 6.25. The molecule has 0 aliphatic carbocycles. The molecule has 0 fully saturated rings. The predicted molar refractivity (Wildman–Crippen MR) is 249 cm³/mol. The minimum atomic E-state index is 0.863. The number of rotatable bonds is 6. The van der Waals surface area contributed by atoms with Crippen LogP contribution in [0.4, 0.5) is 17.1 Å². The predicted octanol–water partition coefficient (Wildman–Crippen LogP) is 15.8. The van der Waals surface area contributed by atoms with E-state index in [1.807, 2.05) is 0 Å². The van der Waals surface area contributed by atoms with Crippen LogP contribution in [0.1, 0.15) is 0 Å². The summed E-state index contributed by atoms with van der Waals surface area (Å²) in [6.07, 6.45) is 0. The van der Waals surface area contributed by atoms with Crippen molar-refractivity contribution in [3.8, 4) is 27.9 Å². The minimum Gasteiger partial charge on any atom is -0.455 e. The Balaban J connectivity index is 1.20. The second-order valence-electron chi connectivity index (χ2n) is 15.3. The van der Waals surface area contributed by atoms with E-state index < -0.39 is 0 Å². The number of hydrogen-bond donors (Lipinski definition) is 0. The van der Waals surface area contributed by atoms with E-state index in [1.165, 1.54) is 49.3 Å². The quantitative estimate of drug-likeness (QED) is 0.169. The van der Waals surface area contributed by atoms with Crippen LogP contribution in [0.5, 0.6) is 0 Å². The number of anilines is 3. The molecule has 276 valence electrons. The van der Waals surface area contributed by atoms with Crippen molar-refractivity contribution >= 4 is 82.4 Å². The Morgan fingerprint density at radius 1 is 0.373 bits per heavy atom. The Labute approximate surface area is 341 Å². The van der Waals surface area contributed by atoms with Gasteiger partial charge in [-0.2, -0.15) is 0 Å². The van der Waals surface area contributed by atoms with Gasteiger partial charge in [-0.05, 0) is 93.7 Å². The summed E-state index contributed by atoms with van der Waals surface area (Å²) in [7, 11) is 0. The van der Waals surface area contributed by atoms with Gasteiger partial charge in [0, 0.05) is 38.3 Å². The number of benzene rings is 10. The first-order chi connectivity index (χ1) is 29.3. The lowest BCUT2D eigenvalue weighted by Crippen LogP contribution is -2.10. The summed E-state index contributed by atoms with van der Waals surface area (Å²) in [4.78, 5) is 2.43. The van der Waals surface area contributed by atoms with Crippen LogP contribution >= 0.6 is 0 Å². The molecule has 3 heteroatoms. The van der Waals surface area contributed by atoms with Crippen LogP contribution in [0.2, 0.25) is 0 Å². The van der Waals surface area contributed by atoms with Crippen molar-refractivity contribution in [2.75, 3.05) is 4.90 Å². The molecule has 0 saturated heterocycles. The van der Waals surface area contributed by atoms with Gasteiger partial charge < -0.3 is 13.9 Å². The molecule has 2 aromatic heterocycles. The molecule has 0 unspecified atom stereocenters. The zero-order valence-electron chi connectivity index (χ0n) is 32.1. The van der Waals surface area contributed by atoms with Crippen molar-refractivity contribution in [3.05, 3.63) is 218 Å². The van der Waals surface area contributed by atoms with Crippen molar-refractivity contribution in [1.82, 2.24) is 4.57 Å². The number of hydrogen-bond acceptors (Lipinski definition) is 2. The molecule has 0 radical (unpaired) electrons. The van der Waals surface area contributed by atoms with Crippen LogP contribution in [0.15, 0.2) is 223 Å². The molecule has 0 saturated carbocycles. The van der Waals surface area contributed by atoms with Crippen LogP contribution in [0.3, 0.4) is 0 Å². The van der Waals surface area contributed by atoms with Gasteiger partial charge in [0.25, 0.3) is 0 Å². The van der Waals surface area contributed by atoms with Crippen molar-refractivity contribution in [2.24, 2.45) is 0 Å². The molecule has 0 spiro atoms. The van der Waals surface area contributed by atoms with E-state index in [1.54, 1.807) is 0 Å². The van der Waals surface area contributed by atoms with Crippen molar-refractivity contribution in [1.29, 1.82) is 0 Å². The molecular formula is C56H36N2O. The van der Waals surface area contributed by atoms with Crippen molar-refractivity contribution in [3.63, 3.8) is 0 Å². The fourth-order valence-electron chi connectivity index (χ4n) is 9.30. The van der Waals surface area contributed by atoms with E-state index in [4.69, 9.17) is 4.42 Å². The molecule has 59 heavy (non-hydrogen) atoms. The Morgan fingerprint density at radius 2 is 0.932 bits per heavy atom. The lowest BCUT2D eigenvalue weighted by Gasteiger charge is -2.27. The van der Waals surface area contributed by atoms with Gasteiger partial charge >= 0.3 is 0 Å². The Bertz CT molecular complexity index is 3490. The van der Waals surface area contributed by atoms with E-state index in [-0.39, 0.29) is 0 Å². The molecule has 3 nitrogen and oxygen atoms in total. The van der Waals surface area contributed by atoms with Gasteiger partial charge in [-0.15, -0.1) is 0 Å². The average Bonchev–Trinajstić information content (AvgIpc) is 3.87. The molecule has 0 aliphatic heterocycles. The molecule has 12 rings (SSSR count). The first-order valence-electron chi connectivity index (χ1n) is 20.2. The number of aromatic nitrogens is 1. The lowest BCUT2D eigenvalue weighted by atomic mass is 9.98. The van der Waals surface area contributed by atoms with Gasteiger partial charge in [0.15, 0.2) is 0 Å². The van der Waals surface area contributed by atoms with Gasteiger partial charge in [-0.1, -0.05) is 158 Å². The third-order valence-corrected chi connectivity index (χ3v) is 11.9. The summed E-state index contributed by atoms with van der Waals surface area (Å²) in [5, 5.41) is 9.25. The largest absolute Gasteiger partial charge is 0.455 e. The molecule has 0 bridgehead atoms. The van der Waals surface area contributed by atoms with E-state index >= 15 is 0 Å². The first-order valence-corrected chi connectivity index (χ1v) is 20.2. The number of furan rings is 1. The second kappa shape index (κ2) is 13.4. The van der Waals surface area contributed by atoms with E-state index in [2.05, 4.69) is 228 Å². The summed E-state index contributed by atoms with van der Waals surface area (Å²) in [5.74, 6) is 0. The van der Waals surface area contributed by atoms with Crippen LogP contribution in [0, 0.1) is 0 Å². The van der Waals surface area contributed by atoms with Crippen LogP contribution < -0.4 is 4.90 Å². The highest BCUT2D eigenvalue weighted by Crippen LogP contribution is 2.49. The van der Waals surface area contributed by atoms with Gasteiger partial charge in [0.2, 0.25) is 0 Å². The van der Waals surface area contributed by atoms with Gasteiger partial charge in [-0.25, -0.2) is 0 Å². The standard InChI is InChI=1S/C56H36N2O/c1-4-16-37(17-5-1)41-34-42(38-18-6-2-7-19-38)36-44(35-41)58-50-27-14-26-49(53(50)47-32-30-39-20-10-12-24-45(39)55(47)58)57(43-22-8-3-9-23-43)51-28-15-29-52-54(51)48-33-31-40-21-11-13-25-46(40)56(48)59-52/h1-36H. The topological polar surface area (TPSA) is 21.3 Å². The maximum Gasteiger partial charge on any atom is 0.143 e. The SMILES string of the molecule is c1ccc(-c2cc(-c3ccccc3)cc(-n3c4cccc(N(c5ccccc5)c5cccc6oc7c8ccccc8ccc7c56)c4c4ccc5ccccc5c43)c2)cc1. The van der Waals surface area contributed by atoms with E-state index in [0.717, 1.165) is 61.0 Å². The fraction of sp³-hybridized carbons (Fsp3) is 0. The molecule has 0 aliphatic rings. The summed E-state index contributed by atoms with van der Waals surface area (Å²) >= 11 is 0. The normalized spacial score (nSPS) is 11.7. The van der Waals surface area contributed by atoms with Gasteiger partial charge in [-0.3, -0.25) is 0 Å². The molecule has 12 aromatic rings. The molecule has 0 atom stereocenters. The first kappa shape index (κ1) is 33.3. The maximum absolute atomic E-state index is 6.76. The Kier molecular flexibility index (Phi) is 7.54. The average molecular weight is 753 g/mol. The van der Waals surface area contributed by atoms with E-state index in [9.17, 15) is 0 Å². The Hall–Kier alpha value is -7.88. The van der Waals surface area contributed by atoms with Crippen LogP contribution in [-0.2, 0) is 0 Å². The monoisotopic (exact) mass is 752 g/mol. The number of fused-ring (bicyclic) bond motifs is 10. The fourth-order valence-corrected chi connectivity index (χ4v) is 9.30. The van der Waals surface area contributed by atoms with Crippen molar-refractivity contribution in [2.45, 2.75) is 0 Å².